The number of hydrogen-bond acceptors (Lipinski definition) is 1. The minimum Gasteiger partial charge on any atom is -0.481 e. The van der Waals surface area contributed by atoms with Crippen molar-refractivity contribution in [3.8, 4) is 0 Å². The number of carbonyl (C=O) groups is 1. The summed E-state index contributed by atoms with van der Waals surface area (Å²) in [6, 6.07) is 0. The zero-order valence-corrected chi connectivity index (χ0v) is 29.4. The van der Waals surface area contributed by atoms with Crippen molar-refractivity contribution < 1.29 is 9.90 Å². The molecule has 0 aliphatic heterocycles. The minimum atomic E-state index is -0.554. The first-order valence-electron chi connectivity index (χ1n) is 19.9. The molecule has 0 aliphatic rings. The van der Waals surface area contributed by atoms with Gasteiger partial charge < -0.3 is 5.11 Å². The summed E-state index contributed by atoms with van der Waals surface area (Å²) in [5.74, 6) is -0.653. The third-order valence-corrected chi connectivity index (χ3v) is 9.66. The Kier molecular flexibility index (Phi) is 36.2. The summed E-state index contributed by atoms with van der Waals surface area (Å²) in [6.45, 7) is 4.58. The second-order valence-electron chi connectivity index (χ2n) is 13.9. The highest BCUT2D eigenvalue weighted by Crippen LogP contribution is 2.21. The maximum atomic E-state index is 11.7. The quantitative estimate of drug-likeness (QED) is 0.0728. The fourth-order valence-corrected chi connectivity index (χ4v) is 6.62. The summed E-state index contributed by atoms with van der Waals surface area (Å²) in [4.78, 5) is 11.7. The average molecular weight is 593 g/mol. The van der Waals surface area contributed by atoms with Crippen LogP contribution in [0.25, 0.3) is 0 Å². The fourth-order valence-electron chi connectivity index (χ4n) is 6.62. The van der Waals surface area contributed by atoms with Gasteiger partial charge in [0, 0.05) is 0 Å². The molecular weight excluding hydrogens is 512 g/mol. The summed E-state index contributed by atoms with van der Waals surface area (Å²) in [5, 5.41) is 9.62. The standard InChI is InChI=1S/C40H80O2/c1-3-5-7-9-11-13-15-17-18-19-20-21-22-23-24-25-26-28-30-32-34-36-38-39(40(41)42)37-35-33-31-29-27-16-14-12-10-8-6-4-2/h39H,3-38H2,1-2H3,(H,41,42). The predicted octanol–water partition coefficient (Wildman–Crippen LogP) is 14.8. The molecule has 0 aromatic heterocycles. The van der Waals surface area contributed by atoms with Crippen molar-refractivity contribution in [2.45, 2.75) is 245 Å². The second kappa shape index (κ2) is 36.7. The molecule has 0 amide bonds. The molecule has 42 heavy (non-hydrogen) atoms. The van der Waals surface area contributed by atoms with Crippen LogP contribution in [0.2, 0.25) is 0 Å². The van der Waals surface area contributed by atoms with Crippen LogP contribution in [0.5, 0.6) is 0 Å². The van der Waals surface area contributed by atoms with Crippen LogP contribution in [0, 0.1) is 5.92 Å². The van der Waals surface area contributed by atoms with Gasteiger partial charge in [0.25, 0.3) is 0 Å². The summed E-state index contributed by atoms with van der Waals surface area (Å²) >= 11 is 0. The molecule has 0 saturated carbocycles. The first-order valence-corrected chi connectivity index (χ1v) is 19.9. The van der Waals surface area contributed by atoms with Crippen molar-refractivity contribution >= 4 is 5.97 Å². The maximum absolute atomic E-state index is 11.7. The van der Waals surface area contributed by atoms with Gasteiger partial charge in [-0.1, -0.05) is 232 Å². The monoisotopic (exact) mass is 593 g/mol. The highest BCUT2D eigenvalue weighted by molar-refractivity contribution is 5.69. The molecule has 1 unspecified atom stereocenters. The number of unbranched alkanes of at least 4 members (excludes halogenated alkanes) is 32. The number of carboxylic acids is 1. The molecule has 0 aromatic rings. The highest BCUT2D eigenvalue weighted by Gasteiger charge is 2.16. The molecule has 1 atom stereocenters. The van der Waals surface area contributed by atoms with Crippen LogP contribution in [0.1, 0.15) is 245 Å². The molecular formula is C40H80O2. The van der Waals surface area contributed by atoms with Gasteiger partial charge in [-0.3, -0.25) is 4.79 Å². The SMILES string of the molecule is CCCCCCCCCCCCCCCCCCCCCCCCC(CCCCCCCCCCCCCC)C(=O)O. The molecule has 0 spiro atoms. The number of hydrogen-bond donors (Lipinski definition) is 1. The van der Waals surface area contributed by atoms with E-state index in [9.17, 15) is 9.90 Å². The van der Waals surface area contributed by atoms with Crippen molar-refractivity contribution in [3.05, 3.63) is 0 Å². The lowest BCUT2D eigenvalue weighted by Crippen LogP contribution is -2.13. The Morgan fingerprint density at radius 2 is 0.500 bits per heavy atom. The summed E-state index contributed by atoms with van der Waals surface area (Å²) in [6.07, 6.45) is 48.8. The van der Waals surface area contributed by atoms with Crippen LogP contribution in [0.15, 0.2) is 0 Å². The van der Waals surface area contributed by atoms with Gasteiger partial charge in [0.2, 0.25) is 0 Å². The zero-order chi connectivity index (χ0) is 30.6. The van der Waals surface area contributed by atoms with Gasteiger partial charge in [0.15, 0.2) is 0 Å². The lowest BCUT2D eigenvalue weighted by Gasteiger charge is -2.12. The van der Waals surface area contributed by atoms with Crippen LogP contribution >= 0.6 is 0 Å². The number of carboxylic acid groups (broad SMARTS) is 1. The Bertz CT molecular complexity index is 502. The van der Waals surface area contributed by atoms with Crippen molar-refractivity contribution in [3.63, 3.8) is 0 Å². The van der Waals surface area contributed by atoms with E-state index < -0.39 is 5.97 Å². The Balaban J connectivity index is 3.33. The third kappa shape index (κ3) is 34.0. The van der Waals surface area contributed by atoms with Crippen molar-refractivity contribution in [1.29, 1.82) is 0 Å². The van der Waals surface area contributed by atoms with Gasteiger partial charge in [-0.15, -0.1) is 0 Å². The zero-order valence-electron chi connectivity index (χ0n) is 29.4. The van der Waals surface area contributed by atoms with E-state index in [-0.39, 0.29) is 5.92 Å². The van der Waals surface area contributed by atoms with Gasteiger partial charge in [-0.25, -0.2) is 0 Å². The first kappa shape index (κ1) is 41.5. The molecule has 0 rings (SSSR count). The van der Waals surface area contributed by atoms with Gasteiger partial charge in [-0.2, -0.15) is 0 Å². The van der Waals surface area contributed by atoms with E-state index in [1.165, 1.54) is 205 Å². The second-order valence-corrected chi connectivity index (χ2v) is 13.9. The van der Waals surface area contributed by atoms with Crippen LogP contribution in [0.4, 0.5) is 0 Å². The fraction of sp³-hybridized carbons (Fsp3) is 0.975. The predicted molar refractivity (Wildman–Crippen MR) is 189 cm³/mol. The van der Waals surface area contributed by atoms with Crippen LogP contribution in [-0.2, 0) is 4.79 Å². The topological polar surface area (TPSA) is 37.3 Å². The maximum Gasteiger partial charge on any atom is 0.306 e. The Labute approximate surface area is 266 Å². The van der Waals surface area contributed by atoms with E-state index in [2.05, 4.69) is 13.8 Å². The third-order valence-electron chi connectivity index (χ3n) is 9.66. The van der Waals surface area contributed by atoms with Gasteiger partial charge in [0.1, 0.15) is 0 Å². The summed E-state index contributed by atoms with van der Waals surface area (Å²) in [5.41, 5.74) is 0. The summed E-state index contributed by atoms with van der Waals surface area (Å²) in [7, 11) is 0. The first-order chi connectivity index (χ1) is 20.7. The van der Waals surface area contributed by atoms with E-state index in [4.69, 9.17) is 0 Å². The molecule has 0 bridgehead atoms. The Morgan fingerprint density at radius 1 is 0.333 bits per heavy atom. The molecule has 1 N–H and O–H groups in total. The molecule has 0 saturated heterocycles. The number of rotatable bonds is 37. The van der Waals surface area contributed by atoms with Gasteiger partial charge in [0.05, 0.1) is 5.92 Å². The average Bonchev–Trinajstić information content (AvgIpc) is 2.99. The molecule has 252 valence electrons. The molecule has 0 radical (unpaired) electrons. The molecule has 2 heteroatoms. The van der Waals surface area contributed by atoms with E-state index in [1.807, 2.05) is 0 Å². The molecule has 0 aromatic carbocycles. The van der Waals surface area contributed by atoms with E-state index >= 15 is 0 Å². The Morgan fingerprint density at radius 3 is 0.667 bits per heavy atom. The van der Waals surface area contributed by atoms with Crippen molar-refractivity contribution in [2.24, 2.45) is 5.92 Å². The van der Waals surface area contributed by atoms with Crippen molar-refractivity contribution in [1.82, 2.24) is 0 Å². The van der Waals surface area contributed by atoms with E-state index in [0.717, 1.165) is 25.7 Å². The van der Waals surface area contributed by atoms with Gasteiger partial charge >= 0.3 is 5.97 Å². The number of aliphatic carboxylic acids is 1. The molecule has 2 nitrogen and oxygen atoms in total. The molecule has 0 aliphatic carbocycles. The highest BCUT2D eigenvalue weighted by atomic mass is 16.4. The normalized spacial score (nSPS) is 12.2. The molecule has 0 heterocycles. The van der Waals surface area contributed by atoms with Crippen LogP contribution < -0.4 is 0 Å². The summed E-state index contributed by atoms with van der Waals surface area (Å²) < 4.78 is 0. The lowest BCUT2D eigenvalue weighted by molar-refractivity contribution is -0.142. The minimum absolute atomic E-state index is 0.0989. The smallest absolute Gasteiger partial charge is 0.306 e. The Hall–Kier alpha value is -0.530. The molecule has 0 fully saturated rings. The van der Waals surface area contributed by atoms with Crippen molar-refractivity contribution in [2.75, 3.05) is 0 Å². The lowest BCUT2D eigenvalue weighted by atomic mass is 9.94. The largest absolute Gasteiger partial charge is 0.481 e. The van der Waals surface area contributed by atoms with E-state index in [1.54, 1.807) is 0 Å². The van der Waals surface area contributed by atoms with Crippen LogP contribution in [-0.4, -0.2) is 11.1 Å². The van der Waals surface area contributed by atoms with Gasteiger partial charge in [-0.05, 0) is 12.8 Å². The van der Waals surface area contributed by atoms with Crippen LogP contribution in [0.3, 0.4) is 0 Å². The van der Waals surface area contributed by atoms with E-state index in [0.29, 0.717) is 0 Å².